The number of likely N-dealkylation sites (tertiary alicyclic amines) is 1. The Hall–Kier alpha value is -1.89. The van der Waals surface area contributed by atoms with Crippen LogP contribution < -0.4 is 5.32 Å². The van der Waals surface area contributed by atoms with Crippen LogP contribution in [-0.2, 0) is 14.4 Å². The van der Waals surface area contributed by atoms with Crippen molar-refractivity contribution in [2.75, 3.05) is 13.6 Å². The number of carbonyl (C=O) groups excluding carboxylic acids is 2. The molecular formula is C25H45N3O4. The molecule has 1 saturated heterocycles. The first-order valence-electron chi connectivity index (χ1n) is 12.0. The highest BCUT2D eigenvalue weighted by Gasteiger charge is 2.37. The highest BCUT2D eigenvalue weighted by molar-refractivity contribution is 5.90. The van der Waals surface area contributed by atoms with E-state index in [1.807, 2.05) is 27.7 Å². The Kier molecular flexibility index (Phi) is 10.9. The molecule has 184 valence electrons. The van der Waals surface area contributed by atoms with E-state index in [2.05, 4.69) is 31.0 Å². The van der Waals surface area contributed by atoms with E-state index < -0.39 is 12.0 Å². The van der Waals surface area contributed by atoms with Gasteiger partial charge in [0.1, 0.15) is 6.04 Å². The fraction of sp³-hybridized carbons (Fsp3) is 0.800. The van der Waals surface area contributed by atoms with Gasteiger partial charge in [-0.1, -0.05) is 54.0 Å². The Morgan fingerprint density at radius 3 is 2.06 bits per heavy atom. The number of aliphatic carboxylic acids is 1. The van der Waals surface area contributed by atoms with E-state index >= 15 is 0 Å². The molecule has 7 nitrogen and oxygen atoms in total. The fourth-order valence-electron chi connectivity index (χ4n) is 4.31. The number of nitrogens with zero attached hydrogens (tertiary/aromatic N) is 2. The monoisotopic (exact) mass is 451 g/mol. The van der Waals surface area contributed by atoms with Crippen molar-refractivity contribution in [1.82, 2.24) is 15.1 Å². The molecule has 0 bridgehead atoms. The summed E-state index contributed by atoms with van der Waals surface area (Å²) in [4.78, 5) is 42.0. The van der Waals surface area contributed by atoms with Gasteiger partial charge < -0.3 is 15.3 Å². The summed E-state index contributed by atoms with van der Waals surface area (Å²) in [5, 5.41) is 12.3. The largest absolute Gasteiger partial charge is 0.478 e. The molecule has 1 aliphatic rings. The third kappa shape index (κ3) is 7.32. The van der Waals surface area contributed by atoms with Crippen molar-refractivity contribution in [2.45, 2.75) is 98.8 Å². The lowest BCUT2D eigenvalue weighted by atomic mass is 9.94. The minimum atomic E-state index is -0.998. The molecule has 0 aromatic rings. The van der Waals surface area contributed by atoms with E-state index in [0.29, 0.717) is 5.92 Å². The molecular weight excluding hydrogens is 406 g/mol. The van der Waals surface area contributed by atoms with Crippen LogP contribution in [0.4, 0.5) is 0 Å². The Bertz CT molecular complexity index is 687. The van der Waals surface area contributed by atoms with Crippen LogP contribution in [0, 0.1) is 17.8 Å². The van der Waals surface area contributed by atoms with Crippen LogP contribution >= 0.6 is 0 Å². The highest BCUT2D eigenvalue weighted by atomic mass is 16.4. The number of rotatable bonds is 10. The summed E-state index contributed by atoms with van der Waals surface area (Å²) in [5.74, 6) is -0.903. The molecule has 2 amide bonds. The van der Waals surface area contributed by atoms with Gasteiger partial charge in [0.2, 0.25) is 11.8 Å². The van der Waals surface area contributed by atoms with Crippen molar-refractivity contribution in [1.29, 1.82) is 0 Å². The SMILES string of the molecule is C/C(=C\[C@H](C(C)C)N(C)C(=O)C(NC(=O)C1CCCCN1C(C)C(C)C)C(C)C)C(=O)O. The minimum absolute atomic E-state index is 0.0301. The molecule has 4 atom stereocenters. The second-order valence-corrected chi connectivity index (χ2v) is 10.3. The van der Waals surface area contributed by atoms with E-state index in [4.69, 9.17) is 0 Å². The van der Waals surface area contributed by atoms with Crippen LogP contribution in [0.2, 0.25) is 0 Å². The van der Waals surface area contributed by atoms with E-state index in [1.54, 1.807) is 18.0 Å². The number of likely N-dealkylation sites (N-methyl/N-ethyl adjacent to an activating group) is 1. The maximum Gasteiger partial charge on any atom is 0.331 e. The summed E-state index contributed by atoms with van der Waals surface area (Å²) in [7, 11) is 1.69. The number of carboxylic acids is 1. The lowest BCUT2D eigenvalue weighted by Crippen LogP contribution is -2.59. The maximum absolute atomic E-state index is 13.4. The topological polar surface area (TPSA) is 90.0 Å². The predicted molar refractivity (Wildman–Crippen MR) is 128 cm³/mol. The zero-order valence-electron chi connectivity index (χ0n) is 21.5. The molecule has 0 aromatic carbocycles. The van der Waals surface area contributed by atoms with Gasteiger partial charge in [0.15, 0.2) is 0 Å². The molecule has 1 heterocycles. The van der Waals surface area contributed by atoms with Crippen LogP contribution in [0.25, 0.3) is 0 Å². The number of hydrogen-bond donors (Lipinski definition) is 2. The van der Waals surface area contributed by atoms with Gasteiger partial charge in [-0.05, 0) is 51.0 Å². The maximum atomic E-state index is 13.4. The smallest absolute Gasteiger partial charge is 0.331 e. The Balaban J connectivity index is 3.08. The Labute approximate surface area is 194 Å². The summed E-state index contributed by atoms with van der Waals surface area (Å²) < 4.78 is 0. The standard InChI is InChI=1S/C25H45N3O4/c1-15(2)19(8)28-13-11-10-12-20(28)23(29)26-22(17(5)6)24(30)27(9)21(16(3)4)14-18(7)25(31)32/h14-17,19-22H,10-13H2,1-9H3,(H,26,29)(H,31,32)/b18-14+/t19?,20?,21-,22?/m1/s1. The molecule has 0 spiro atoms. The van der Waals surface area contributed by atoms with E-state index in [9.17, 15) is 19.5 Å². The van der Waals surface area contributed by atoms with Gasteiger partial charge in [-0.25, -0.2) is 4.79 Å². The highest BCUT2D eigenvalue weighted by Crippen LogP contribution is 2.24. The molecule has 2 N–H and O–H groups in total. The van der Waals surface area contributed by atoms with E-state index in [-0.39, 0.29) is 47.3 Å². The van der Waals surface area contributed by atoms with Crippen LogP contribution in [0.3, 0.4) is 0 Å². The number of hydrogen-bond acceptors (Lipinski definition) is 4. The van der Waals surface area contributed by atoms with Crippen LogP contribution in [0.5, 0.6) is 0 Å². The average Bonchev–Trinajstić information content (AvgIpc) is 2.73. The van der Waals surface area contributed by atoms with Gasteiger partial charge >= 0.3 is 5.97 Å². The van der Waals surface area contributed by atoms with Crippen molar-refractivity contribution >= 4 is 17.8 Å². The van der Waals surface area contributed by atoms with Crippen molar-refractivity contribution in [3.05, 3.63) is 11.6 Å². The second-order valence-electron chi connectivity index (χ2n) is 10.3. The van der Waals surface area contributed by atoms with E-state index in [1.165, 1.54) is 6.92 Å². The Morgan fingerprint density at radius 1 is 1.00 bits per heavy atom. The van der Waals surface area contributed by atoms with Gasteiger partial charge in [-0.3, -0.25) is 14.5 Å². The summed E-state index contributed by atoms with van der Waals surface area (Å²) in [5.41, 5.74) is 0.203. The summed E-state index contributed by atoms with van der Waals surface area (Å²) in [6.07, 6.45) is 4.51. The van der Waals surface area contributed by atoms with Crippen LogP contribution in [0.1, 0.15) is 74.7 Å². The zero-order valence-corrected chi connectivity index (χ0v) is 21.5. The molecule has 1 fully saturated rings. The molecule has 32 heavy (non-hydrogen) atoms. The molecule has 1 aliphatic heterocycles. The van der Waals surface area contributed by atoms with Gasteiger partial charge in [0.25, 0.3) is 0 Å². The van der Waals surface area contributed by atoms with Gasteiger partial charge in [0, 0.05) is 18.7 Å². The third-order valence-corrected chi connectivity index (χ3v) is 6.80. The number of carbonyl (C=O) groups is 3. The summed E-state index contributed by atoms with van der Waals surface area (Å²) >= 11 is 0. The first-order chi connectivity index (χ1) is 14.8. The summed E-state index contributed by atoms with van der Waals surface area (Å²) in [6, 6.07) is -0.971. The summed E-state index contributed by atoms with van der Waals surface area (Å²) in [6.45, 7) is 16.7. The molecule has 1 rings (SSSR count). The van der Waals surface area contributed by atoms with Gasteiger partial charge in [0.05, 0.1) is 12.1 Å². The molecule has 3 unspecified atom stereocenters. The average molecular weight is 452 g/mol. The van der Waals surface area contributed by atoms with Gasteiger partial charge in [-0.15, -0.1) is 0 Å². The van der Waals surface area contributed by atoms with E-state index in [0.717, 1.165) is 25.8 Å². The second kappa shape index (κ2) is 12.4. The van der Waals surface area contributed by atoms with Crippen LogP contribution in [0.15, 0.2) is 11.6 Å². The number of carboxylic acid groups (broad SMARTS) is 1. The Morgan fingerprint density at radius 2 is 1.59 bits per heavy atom. The first kappa shape index (κ1) is 28.1. The van der Waals surface area contributed by atoms with Gasteiger partial charge in [-0.2, -0.15) is 0 Å². The zero-order chi connectivity index (χ0) is 24.7. The molecule has 0 aromatic heterocycles. The minimum Gasteiger partial charge on any atom is -0.478 e. The number of amides is 2. The quantitative estimate of drug-likeness (QED) is 0.496. The number of piperidine rings is 1. The number of nitrogens with one attached hydrogen (secondary N) is 1. The van der Waals surface area contributed by atoms with Crippen molar-refractivity contribution < 1.29 is 19.5 Å². The van der Waals surface area contributed by atoms with Crippen molar-refractivity contribution in [3.8, 4) is 0 Å². The molecule has 7 heteroatoms. The molecule has 0 saturated carbocycles. The fourth-order valence-corrected chi connectivity index (χ4v) is 4.31. The van der Waals surface area contributed by atoms with Crippen molar-refractivity contribution in [2.24, 2.45) is 17.8 Å². The lowest BCUT2D eigenvalue weighted by molar-refractivity contribution is -0.140. The first-order valence-corrected chi connectivity index (χ1v) is 12.0. The molecule has 0 aliphatic carbocycles. The predicted octanol–water partition coefficient (Wildman–Crippen LogP) is 3.54. The normalized spacial score (nSPS) is 20.9. The van der Waals surface area contributed by atoms with Crippen LogP contribution in [-0.4, -0.2) is 70.4 Å². The third-order valence-electron chi connectivity index (χ3n) is 6.80. The molecule has 0 radical (unpaired) electrons. The van der Waals surface area contributed by atoms with Crippen molar-refractivity contribution in [3.63, 3.8) is 0 Å². The lowest BCUT2D eigenvalue weighted by Gasteiger charge is -2.41.